The van der Waals surface area contributed by atoms with Gasteiger partial charge in [-0.25, -0.2) is 4.68 Å². The lowest BCUT2D eigenvalue weighted by Gasteiger charge is -2.21. The summed E-state index contributed by atoms with van der Waals surface area (Å²) in [5, 5.41) is 9.66. The number of hydrogen-bond acceptors (Lipinski definition) is 2. The number of halogens is 2. The molecule has 0 atom stereocenters. The minimum absolute atomic E-state index is 0.459. The van der Waals surface area contributed by atoms with Crippen molar-refractivity contribution < 1.29 is 0 Å². The maximum Gasteiger partial charge on any atom is 0.102 e. The quantitative estimate of drug-likeness (QED) is 0.633. The SMILES string of the molecule is Cc1c(C2CCNCC2)nn(-c2c(Cl)cccc2Cl)c1-c1ccccc1. The first kappa shape index (κ1) is 17.6. The monoisotopic (exact) mass is 385 g/mol. The van der Waals surface area contributed by atoms with Gasteiger partial charge in [0.05, 0.1) is 21.4 Å². The minimum Gasteiger partial charge on any atom is -0.317 e. The lowest BCUT2D eigenvalue weighted by atomic mass is 9.91. The van der Waals surface area contributed by atoms with E-state index in [1.807, 2.05) is 41.1 Å². The van der Waals surface area contributed by atoms with E-state index in [0.717, 1.165) is 48.6 Å². The number of nitrogens with zero attached hydrogens (tertiary/aromatic N) is 2. The number of aromatic nitrogens is 2. The fourth-order valence-corrected chi connectivity index (χ4v) is 4.34. The number of benzene rings is 2. The van der Waals surface area contributed by atoms with Crippen LogP contribution in [-0.2, 0) is 0 Å². The van der Waals surface area contributed by atoms with Gasteiger partial charge in [-0.15, -0.1) is 0 Å². The van der Waals surface area contributed by atoms with E-state index in [-0.39, 0.29) is 0 Å². The van der Waals surface area contributed by atoms with Gasteiger partial charge < -0.3 is 5.32 Å². The molecule has 1 saturated heterocycles. The number of para-hydroxylation sites is 1. The van der Waals surface area contributed by atoms with Crippen molar-refractivity contribution in [2.45, 2.75) is 25.7 Å². The Morgan fingerprint density at radius 3 is 2.27 bits per heavy atom. The number of rotatable bonds is 3. The fraction of sp³-hybridized carbons (Fsp3) is 0.286. The van der Waals surface area contributed by atoms with E-state index in [9.17, 15) is 0 Å². The molecule has 134 valence electrons. The molecule has 4 rings (SSSR count). The zero-order chi connectivity index (χ0) is 18.1. The second-order valence-electron chi connectivity index (χ2n) is 6.73. The van der Waals surface area contributed by atoms with E-state index < -0.39 is 0 Å². The first-order chi connectivity index (χ1) is 12.7. The molecule has 0 saturated carbocycles. The highest BCUT2D eigenvalue weighted by Crippen LogP contribution is 2.38. The topological polar surface area (TPSA) is 29.9 Å². The summed E-state index contributed by atoms with van der Waals surface area (Å²) in [6.45, 7) is 4.23. The predicted octanol–water partition coefficient (Wildman–Crippen LogP) is 5.62. The summed E-state index contributed by atoms with van der Waals surface area (Å²) in [4.78, 5) is 0. The van der Waals surface area contributed by atoms with Crippen LogP contribution in [0, 0.1) is 6.92 Å². The van der Waals surface area contributed by atoms with E-state index in [2.05, 4.69) is 24.4 Å². The third-order valence-corrected chi connectivity index (χ3v) is 5.69. The van der Waals surface area contributed by atoms with E-state index in [4.69, 9.17) is 28.3 Å². The van der Waals surface area contributed by atoms with Crippen LogP contribution >= 0.6 is 23.2 Å². The maximum absolute atomic E-state index is 6.52. The average Bonchev–Trinajstić information content (AvgIpc) is 3.00. The lowest BCUT2D eigenvalue weighted by molar-refractivity contribution is 0.450. The summed E-state index contributed by atoms with van der Waals surface area (Å²) >= 11 is 13.0. The highest BCUT2D eigenvalue weighted by molar-refractivity contribution is 6.37. The Morgan fingerprint density at radius 1 is 0.962 bits per heavy atom. The average molecular weight is 386 g/mol. The molecule has 1 fully saturated rings. The third-order valence-electron chi connectivity index (χ3n) is 5.08. The second-order valence-corrected chi connectivity index (χ2v) is 7.55. The van der Waals surface area contributed by atoms with Crippen LogP contribution in [-0.4, -0.2) is 22.9 Å². The van der Waals surface area contributed by atoms with Crippen LogP contribution in [0.3, 0.4) is 0 Å². The molecule has 1 N–H and O–H groups in total. The molecule has 0 aliphatic carbocycles. The molecule has 1 aromatic heterocycles. The van der Waals surface area contributed by atoms with Gasteiger partial charge in [-0.2, -0.15) is 5.10 Å². The minimum atomic E-state index is 0.459. The van der Waals surface area contributed by atoms with E-state index in [0.29, 0.717) is 16.0 Å². The Balaban J connectivity index is 1.95. The smallest absolute Gasteiger partial charge is 0.102 e. The van der Waals surface area contributed by atoms with E-state index in [1.165, 1.54) is 5.56 Å². The maximum atomic E-state index is 6.52. The van der Waals surface area contributed by atoms with Crippen LogP contribution in [0.25, 0.3) is 16.9 Å². The van der Waals surface area contributed by atoms with Gasteiger partial charge in [0.1, 0.15) is 5.69 Å². The molecule has 1 aliphatic rings. The van der Waals surface area contributed by atoms with Gasteiger partial charge in [0.25, 0.3) is 0 Å². The normalized spacial score (nSPS) is 15.3. The summed E-state index contributed by atoms with van der Waals surface area (Å²) in [6.07, 6.45) is 2.20. The molecule has 0 unspecified atom stereocenters. The van der Waals surface area contributed by atoms with Crippen molar-refractivity contribution >= 4 is 23.2 Å². The standard InChI is InChI=1S/C21H21Cl2N3/c1-14-19(15-10-12-24-13-11-15)25-26(20(14)16-6-3-2-4-7-16)21-17(22)8-5-9-18(21)23/h2-9,15,24H,10-13H2,1H3. The van der Waals surface area contributed by atoms with Crippen molar-refractivity contribution in [3.8, 4) is 16.9 Å². The van der Waals surface area contributed by atoms with Gasteiger partial charge in [0.2, 0.25) is 0 Å². The Labute approximate surface area is 163 Å². The van der Waals surface area contributed by atoms with Crippen LogP contribution in [0.5, 0.6) is 0 Å². The molecule has 3 aromatic rings. The molecule has 2 aromatic carbocycles. The zero-order valence-corrected chi connectivity index (χ0v) is 16.2. The largest absolute Gasteiger partial charge is 0.317 e. The highest BCUT2D eigenvalue weighted by Gasteiger charge is 2.26. The Hall–Kier alpha value is -1.81. The van der Waals surface area contributed by atoms with Crippen LogP contribution in [0.4, 0.5) is 0 Å². The predicted molar refractivity (Wildman–Crippen MR) is 109 cm³/mol. The Morgan fingerprint density at radius 2 is 1.62 bits per heavy atom. The second kappa shape index (κ2) is 7.43. The van der Waals surface area contributed by atoms with Gasteiger partial charge in [-0.3, -0.25) is 0 Å². The lowest BCUT2D eigenvalue weighted by Crippen LogP contribution is -2.27. The van der Waals surface area contributed by atoms with Crippen LogP contribution < -0.4 is 5.32 Å². The van der Waals surface area contributed by atoms with Crippen molar-refractivity contribution in [3.05, 3.63) is 69.8 Å². The van der Waals surface area contributed by atoms with Gasteiger partial charge in [-0.05, 0) is 50.6 Å². The van der Waals surface area contributed by atoms with Crippen molar-refractivity contribution in [1.29, 1.82) is 0 Å². The number of nitrogens with one attached hydrogen (secondary N) is 1. The van der Waals surface area contributed by atoms with Crippen molar-refractivity contribution in [3.63, 3.8) is 0 Å². The molecule has 5 heteroatoms. The van der Waals surface area contributed by atoms with Crippen molar-refractivity contribution in [2.75, 3.05) is 13.1 Å². The molecular weight excluding hydrogens is 365 g/mol. The summed E-state index contributed by atoms with van der Waals surface area (Å²) < 4.78 is 1.94. The van der Waals surface area contributed by atoms with Crippen LogP contribution in [0.15, 0.2) is 48.5 Å². The van der Waals surface area contributed by atoms with E-state index >= 15 is 0 Å². The summed E-state index contributed by atoms with van der Waals surface area (Å²) in [6, 6.07) is 15.9. The van der Waals surface area contributed by atoms with Crippen LogP contribution in [0.1, 0.15) is 30.0 Å². The first-order valence-corrected chi connectivity index (χ1v) is 9.72. The summed E-state index contributed by atoms with van der Waals surface area (Å²) in [7, 11) is 0. The fourth-order valence-electron chi connectivity index (χ4n) is 3.78. The molecular formula is C21H21Cl2N3. The van der Waals surface area contributed by atoms with E-state index in [1.54, 1.807) is 0 Å². The van der Waals surface area contributed by atoms with Crippen LogP contribution in [0.2, 0.25) is 10.0 Å². The Kier molecular flexibility index (Phi) is 5.03. The van der Waals surface area contributed by atoms with Crippen molar-refractivity contribution in [1.82, 2.24) is 15.1 Å². The molecule has 3 nitrogen and oxygen atoms in total. The molecule has 0 spiro atoms. The molecule has 0 amide bonds. The third kappa shape index (κ3) is 3.16. The van der Waals surface area contributed by atoms with Gasteiger partial charge in [0.15, 0.2) is 0 Å². The van der Waals surface area contributed by atoms with Gasteiger partial charge in [0, 0.05) is 11.5 Å². The molecule has 1 aliphatic heterocycles. The first-order valence-electron chi connectivity index (χ1n) is 8.97. The number of hydrogen-bond donors (Lipinski definition) is 1. The highest BCUT2D eigenvalue weighted by atomic mass is 35.5. The summed E-state index contributed by atoms with van der Waals surface area (Å²) in [5.41, 5.74) is 5.29. The van der Waals surface area contributed by atoms with Crippen molar-refractivity contribution in [2.24, 2.45) is 0 Å². The summed E-state index contributed by atoms with van der Waals surface area (Å²) in [5.74, 6) is 0.459. The number of piperidine rings is 1. The Bertz CT molecular complexity index is 892. The molecule has 26 heavy (non-hydrogen) atoms. The van der Waals surface area contributed by atoms with Gasteiger partial charge in [-0.1, -0.05) is 59.6 Å². The zero-order valence-electron chi connectivity index (χ0n) is 14.7. The molecule has 0 radical (unpaired) electrons. The van der Waals surface area contributed by atoms with Gasteiger partial charge >= 0.3 is 0 Å². The molecule has 0 bridgehead atoms. The molecule has 2 heterocycles.